The molecule has 1 heterocycles. The minimum atomic E-state index is 0.218. The lowest BCUT2D eigenvalue weighted by molar-refractivity contribution is 0.0945. The molecule has 1 aliphatic carbocycles. The maximum atomic E-state index is 5.67. The van der Waals surface area contributed by atoms with Crippen LogP contribution in [0.2, 0.25) is 0 Å². The third-order valence-corrected chi connectivity index (χ3v) is 2.79. The molecule has 0 atom stereocenters. The third kappa shape index (κ3) is 2.04. The van der Waals surface area contributed by atoms with Crippen molar-refractivity contribution in [2.24, 2.45) is 5.73 Å². The molecule has 0 unspecified atom stereocenters. The van der Waals surface area contributed by atoms with Crippen molar-refractivity contribution in [1.82, 2.24) is 9.97 Å². The van der Waals surface area contributed by atoms with Crippen LogP contribution >= 0.6 is 15.9 Å². The lowest BCUT2D eigenvalue weighted by Crippen LogP contribution is -2.43. The highest BCUT2D eigenvalue weighted by Gasteiger charge is 2.28. The van der Waals surface area contributed by atoms with Crippen LogP contribution in [0.25, 0.3) is 0 Å². The number of aromatic nitrogens is 2. The monoisotopic (exact) mass is 257 g/mol. The Balaban J connectivity index is 2.05. The molecule has 0 aromatic carbocycles. The third-order valence-electron chi connectivity index (χ3n) is 2.24. The van der Waals surface area contributed by atoms with Crippen LogP contribution in [0.4, 0.5) is 0 Å². The molecule has 5 heteroatoms. The van der Waals surface area contributed by atoms with Crippen LogP contribution in [0.1, 0.15) is 18.7 Å². The maximum absolute atomic E-state index is 5.67. The maximum Gasteiger partial charge on any atom is 0.231 e. The van der Waals surface area contributed by atoms with E-state index < -0.39 is 0 Å². The number of halogens is 1. The van der Waals surface area contributed by atoms with Gasteiger partial charge in [0.05, 0.1) is 4.47 Å². The highest BCUT2D eigenvalue weighted by molar-refractivity contribution is 9.10. The van der Waals surface area contributed by atoms with Crippen molar-refractivity contribution in [3.63, 3.8) is 0 Å². The predicted octanol–water partition coefficient (Wildman–Crippen LogP) is 1.42. The van der Waals surface area contributed by atoms with Gasteiger partial charge in [-0.2, -0.15) is 4.98 Å². The fourth-order valence-corrected chi connectivity index (χ4v) is 1.66. The standard InChI is InChI=1S/C9H12BrN3O/c1-5-12-4-8(10)9(13-5)14-7-2-6(11)3-7/h4,6-7H,2-3,11H2,1H3. The van der Waals surface area contributed by atoms with E-state index in [9.17, 15) is 0 Å². The molecule has 1 saturated carbocycles. The van der Waals surface area contributed by atoms with Crippen LogP contribution in [0, 0.1) is 6.92 Å². The Morgan fingerprint density at radius 2 is 2.29 bits per heavy atom. The first kappa shape index (κ1) is 9.86. The summed E-state index contributed by atoms with van der Waals surface area (Å²) in [7, 11) is 0. The zero-order valence-corrected chi connectivity index (χ0v) is 9.49. The van der Waals surface area contributed by atoms with Crippen molar-refractivity contribution < 1.29 is 4.74 Å². The van der Waals surface area contributed by atoms with Gasteiger partial charge >= 0.3 is 0 Å². The van der Waals surface area contributed by atoms with Gasteiger partial charge < -0.3 is 10.5 Å². The minimum Gasteiger partial charge on any atom is -0.473 e. The van der Waals surface area contributed by atoms with Gasteiger partial charge in [-0.05, 0) is 35.7 Å². The first-order chi connectivity index (χ1) is 6.65. The molecule has 1 aliphatic rings. The Labute approximate surface area is 91.0 Å². The van der Waals surface area contributed by atoms with E-state index in [-0.39, 0.29) is 6.10 Å². The Hall–Kier alpha value is -0.680. The van der Waals surface area contributed by atoms with Crippen LogP contribution in [0.5, 0.6) is 5.88 Å². The molecule has 4 nitrogen and oxygen atoms in total. The summed E-state index contributed by atoms with van der Waals surface area (Å²) in [5, 5.41) is 0. The molecule has 0 bridgehead atoms. The second-order valence-electron chi connectivity index (χ2n) is 3.54. The van der Waals surface area contributed by atoms with Gasteiger partial charge in [-0.25, -0.2) is 4.98 Å². The molecular formula is C9H12BrN3O. The summed E-state index contributed by atoms with van der Waals surface area (Å²) in [4.78, 5) is 8.24. The normalized spacial score (nSPS) is 25.6. The van der Waals surface area contributed by atoms with Gasteiger partial charge in [0.25, 0.3) is 0 Å². The molecule has 14 heavy (non-hydrogen) atoms. The van der Waals surface area contributed by atoms with Crippen molar-refractivity contribution in [3.05, 3.63) is 16.5 Å². The van der Waals surface area contributed by atoms with Crippen molar-refractivity contribution >= 4 is 15.9 Å². The van der Waals surface area contributed by atoms with Crippen molar-refractivity contribution in [3.8, 4) is 5.88 Å². The average molecular weight is 258 g/mol. The smallest absolute Gasteiger partial charge is 0.231 e. The average Bonchev–Trinajstić information content (AvgIpc) is 2.09. The number of hydrogen-bond donors (Lipinski definition) is 1. The topological polar surface area (TPSA) is 61.0 Å². The van der Waals surface area contributed by atoms with Gasteiger partial charge in [0, 0.05) is 12.2 Å². The SMILES string of the molecule is Cc1ncc(Br)c(OC2CC(N)C2)n1. The number of aryl methyl sites for hydroxylation is 1. The van der Waals surface area contributed by atoms with Crippen molar-refractivity contribution in [2.75, 3.05) is 0 Å². The molecule has 76 valence electrons. The molecule has 0 radical (unpaired) electrons. The van der Waals surface area contributed by atoms with Crippen LogP contribution in [0.15, 0.2) is 10.7 Å². The lowest BCUT2D eigenvalue weighted by atomic mass is 9.90. The van der Waals surface area contributed by atoms with E-state index in [0.29, 0.717) is 17.7 Å². The first-order valence-electron chi connectivity index (χ1n) is 4.56. The minimum absolute atomic E-state index is 0.218. The first-order valence-corrected chi connectivity index (χ1v) is 5.36. The zero-order chi connectivity index (χ0) is 10.1. The fourth-order valence-electron chi connectivity index (χ4n) is 1.38. The Kier molecular flexibility index (Phi) is 2.69. The second-order valence-corrected chi connectivity index (χ2v) is 4.40. The van der Waals surface area contributed by atoms with Gasteiger partial charge in [0.2, 0.25) is 5.88 Å². The quantitative estimate of drug-likeness (QED) is 0.871. The van der Waals surface area contributed by atoms with E-state index in [1.54, 1.807) is 6.20 Å². The number of rotatable bonds is 2. The zero-order valence-electron chi connectivity index (χ0n) is 7.90. The Morgan fingerprint density at radius 1 is 1.57 bits per heavy atom. The highest BCUT2D eigenvalue weighted by Crippen LogP contribution is 2.28. The lowest BCUT2D eigenvalue weighted by Gasteiger charge is -2.32. The second kappa shape index (κ2) is 3.82. The van der Waals surface area contributed by atoms with E-state index in [0.717, 1.165) is 17.3 Å². The summed E-state index contributed by atoms with van der Waals surface area (Å²) in [6.45, 7) is 1.84. The largest absolute Gasteiger partial charge is 0.473 e. The number of ether oxygens (including phenoxy) is 1. The molecule has 0 spiro atoms. The van der Waals surface area contributed by atoms with Gasteiger partial charge in [-0.15, -0.1) is 0 Å². The molecule has 1 aromatic heterocycles. The number of nitrogens with zero attached hydrogens (tertiary/aromatic N) is 2. The number of nitrogens with two attached hydrogens (primary N) is 1. The summed E-state index contributed by atoms with van der Waals surface area (Å²) in [6, 6.07) is 0.293. The van der Waals surface area contributed by atoms with Crippen LogP contribution in [0.3, 0.4) is 0 Å². The van der Waals surface area contributed by atoms with E-state index in [4.69, 9.17) is 10.5 Å². The van der Waals surface area contributed by atoms with Crippen molar-refractivity contribution in [2.45, 2.75) is 31.9 Å². The van der Waals surface area contributed by atoms with E-state index >= 15 is 0 Å². The fraction of sp³-hybridized carbons (Fsp3) is 0.556. The van der Waals surface area contributed by atoms with Gasteiger partial charge in [0.15, 0.2) is 0 Å². The summed E-state index contributed by atoms with van der Waals surface area (Å²) in [5.41, 5.74) is 5.67. The van der Waals surface area contributed by atoms with E-state index in [2.05, 4.69) is 25.9 Å². The van der Waals surface area contributed by atoms with Crippen LogP contribution in [-0.2, 0) is 0 Å². The molecule has 1 aromatic rings. The summed E-state index contributed by atoms with van der Waals surface area (Å²) in [6.07, 6.45) is 3.75. The van der Waals surface area contributed by atoms with E-state index in [1.807, 2.05) is 6.92 Å². The number of hydrogen-bond acceptors (Lipinski definition) is 4. The van der Waals surface area contributed by atoms with Crippen LogP contribution < -0.4 is 10.5 Å². The molecular weight excluding hydrogens is 246 g/mol. The molecule has 0 saturated heterocycles. The van der Waals surface area contributed by atoms with Gasteiger partial charge in [-0.3, -0.25) is 0 Å². The van der Waals surface area contributed by atoms with Crippen LogP contribution in [-0.4, -0.2) is 22.1 Å². The summed E-state index contributed by atoms with van der Waals surface area (Å²) in [5.74, 6) is 1.33. The Bertz CT molecular complexity index is 339. The summed E-state index contributed by atoms with van der Waals surface area (Å²) >= 11 is 3.35. The molecule has 2 N–H and O–H groups in total. The highest BCUT2D eigenvalue weighted by atomic mass is 79.9. The molecule has 0 aliphatic heterocycles. The van der Waals surface area contributed by atoms with Gasteiger partial charge in [-0.1, -0.05) is 0 Å². The predicted molar refractivity (Wildman–Crippen MR) is 56.1 cm³/mol. The van der Waals surface area contributed by atoms with E-state index in [1.165, 1.54) is 0 Å². The Morgan fingerprint density at radius 3 is 2.93 bits per heavy atom. The summed E-state index contributed by atoms with van der Waals surface area (Å²) < 4.78 is 6.45. The van der Waals surface area contributed by atoms with Gasteiger partial charge in [0.1, 0.15) is 11.9 Å². The molecule has 2 rings (SSSR count). The molecule has 1 fully saturated rings. The molecule has 0 amide bonds. The van der Waals surface area contributed by atoms with Crippen molar-refractivity contribution in [1.29, 1.82) is 0 Å².